The molecule has 2 atom stereocenters. The molecule has 2 heterocycles. The molecule has 2 fully saturated rings. The minimum absolute atomic E-state index is 0.108. The smallest absolute Gasteiger partial charge is 0.253 e. The van der Waals surface area contributed by atoms with Crippen LogP contribution < -0.4 is 4.74 Å². The molecule has 0 N–H and O–H groups in total. The molecular weight excluding hydrogens is 486 g/mol. The lowest BCUT2D eigenvalue weighted by molar-refractivity contribution is 0.0101. The summed E-state index contributed by atoms with van der Waals surface area (Å²) in [5.74, 6) is 1.09. The maximum atomic E-state index is 13.1. The first-order valence-corrected chi connectivity index (χ1v) is 14.0. The summed E-state index contributed by atoms with van der Waals surface area (Å²) >= 11 is 6.01. The number of piperidine rings is 1. The number of halogens is 1. The number of amides is 1. The van der Waals surface area contributed by atoms with Crippen LogP contribution in [0.4, 0.5) is 0 Å². The number of ether oxygens (including phenoxy) is 2. The molecular formula is C30H42ClN3O3. The van der Waals surface area contributed by atoms with E-state index in [1.807, 2.05) is 17.0 Å². The summed E-state index contributed by atoms with van der Waals surface area (Å²) in [5, 5.41) is 0.656. The van der Waals surface area contributed by atoms with Crippen molar-refractivity contribution in [1.82, 2.24) is 14.7 Å². The van der Waals surface area contributed by atoms with Gasteiger partial charge in [-0.25, -0.2) is 0 Å². The second-order valence-corrected chi connectivity index (χ2v) is 10.9. The fraction of sp³-hybridized carbons (Fsp3) is 0.567. The Morgan fingerprint density at radius 3 is 2.57 bits per heavy atom. The molecule has 1 amide bonds. The van der Waals surface area contributed by atoms with Crippen LogP contribution >= 0.6 is 11.6 Å². The van der Waals surface area contributed by atoms with Gasteiger partial charge in [-0.2, -0.15) is 0 Å². The highest BCUT2D eigenvalue weighted by Gasteiger charge is 2.37. The second-order valence-electron chi connectivity index (χ2n) is 10.5. The lowest BCUT2D eigenvalue weighted by Gasteiger charge is -2.48. The average molecular weight is 528 g/mol. The molecule has 2 aliphatic heterocycles. The topological polar surface area (TPSA) is 45.3 Å². The quantitative estimate of drug-likeness (QED) is 0.389. The number of nitrogens with zero attached hydrogens (tertiary/aromatic N) is 3. The Morgan fingerprint density at radius 2 is 1.81 bits per heavy atom. The third-order valence-electron chi connectivity index (χ3n) is 8.08. The Labute approximate surface area is 227 Å². The number of hydrogen-bond donors (Lipinski definition) is 0. The van der Waals surface area contributed by atoms with Crippen LogP contribution in [0.3, 0.4) is 0 Å². The first-order valence-electron chi connectivity index (χ1n) is 13.6. The number of methoxy groups -OCH3 is 1. The highest BCUT2D eigenvalue weighted by Crippen LogP contribution is 2.39. The Bertz CT molecular complexity index is 1050. The molecule has 0 aromatic heterocycles. The van der Waals surface area contributed by atoms with Crippen LogP contribution in [0.1, 0.15) is 58.8 Å². The number of rotatable bonds is 10. The third-order valence-corrected chi connectivity index (χ3v) is 8.33. The van der Waals surface area contributed by atoms with Crippen LogP contribution in [0.5, 0.6) is 5.75 Å². The third kappa shape index (κ3) is 6.85. The maximum absolute atomic E-state index is 13.1. The number of fused-ring (bicyclic) bond motifs is 1. The van der Waals surface area contributed by atoms with Crippen LogP contribution in [0.25, 0.3) is 0 Å². The van der Waals surface area contributed by atoms with E-state index in [0.717, 1.165) is 64.3 Å². The Kier molecular flexibility index (Phi) is 9.88. The molecule has 0 bridgehead atoms. The standard InChI is InChI=1S/C30H42ClN3O3/c1-22-23(2)29(37-20-18-32(3)15-6-19-36-4)14-13-27(22)28-8-5-7-26-21-33(16-17-34(26)28)30(35)24-9-11-25(31)12-10-24/h9-14,26,28H,5-8,15-21H2,1-4H3/t26-,28?/m0/s1. The zero-order valence-corrected chi connectivity index (χ0v) is 23.6. The summed E-state index contributed by atoms with van der Waals surface area (Å²) in [6, 6.07) is 12.5. The van der Waals surface area contributed by atoms with Crippen molar-refractivity contribution in [2.75, 3.05) is 60.1 Å². The predicted octanol–water partition coefficient (Wildman–Crippen LogP) is 5.36. The van der Waals surface area contributed by atoms with Crippen molar-refractivity contribution in [2.24, 2.45) is 0 Å². The van der Waals surface area contributed by atoms with E-state index in [4.69, 9.17) is 21.1 Å². The van der Waals surface area contributed by atoms with Crippen LogP contribution in [-0.2, 0) is 4.74 Å². The Hall–Kier alpha value is -2.12. The number of carbonyl (C=O) groups is 1. The van der Waals surface area contributed by atoms with Crippen molar-refractivity contribution < 1.29 is 14.3 Å². The lowest BCUT2D eigenvalue weighted by Crippen LogP contribution is -2.57. The molecule has 0 spiro atoms. The number of benzene rings is 2. The van der Waals surface area contributed by atoms with Crippen molar-refractivity contribution in [2.45, 2.75) is 51.6 Å². The molecule has 7 heteroatoms. The normalized spacial score (nSPS) is 20.2. The molecule has 4 rings (SSSR count). The Balaban J connectivity index is 1.37. The molecule has 0 aliphatic carbocycles. The van der Waals surface area contributed by atoms with Crippen molar-refractivity contribution in [3.8, 4) is 5.75 Å². The second kappa shape index (κ2) is 13.1. The monoisotopic (exact) mass is 527 g/mol. The molecule has 2 aromatic carbocycles. The van der Waals surface area contributed by atoms with Gasteiger partial charge >= 0.3 is 0 Å². The molecule has 0 radical (unpaired) electrons. The van der Waals surface area contributed by atoms with Crippen LogP contribution in [0, 0.1) is 13.8 Å². The summed E-state index contributed by atoms with van der Waals surface area (Å²) in [6.07, 6.45) is 4.51. The highest BCUT2D eigenvalue weighted by molar-refractivity contribution is 6.30. The van der Waals surface area contributed by atoms with E-state index in [1.54, 1.807) is 19.2 Å². The molecule has 2 aromatic rings. The minimum Gasteiger partial charge on any atom is -0.492 e. The van der Waals surface area contributed by atoms with E-state index < -0.39 is 0 Å². The van der Waals surface area contributed by atoms with E-state index >= 15 is 0 Å². The van der Waals surface area contributed by atoms with E-state index in [1.165, 1.54) is 23.1 Å². The van der Waals surface area contributed by atoms with Gasteiger partial charge in [-0.15, -0.1) is 0 Å². The van der Waals surface area contributed by atoms with Crippen molar-refractivity contribution in [1.29, 1.82) is 0 Å². The van der Waals surface area contributed by atoms with Crippen LogP contribution in [-0.4, -0.2) is 86.7 Å². The molecule has 6 nitrogen and oxygen atoms in total. The fourth-order valence-electron chi connectivity index (χ4n) is 5.78. The molecule has 2 saturated heterocycles. The summed E-state index contributed by atoms with van der Waals surface area (Å²) in [4.78, 5) is 20.1. The van der Waals surface area contributed by atoms with Gasteiger partial charge in [0, 0.05) is 69.1 Å². The summed E-state index contributed by atoms with van der Waals surface area (Å²) in [6.45, 7) is 10.2. The maximum Gasteiger partial charge on any atom is 0.253 e. The minimum atomic E-state index is 0.108. The van der Waals surface area contributed by atoms with Gasteiger partial charge in [0.15, 0.2) is 0 Å². The fourth-order valence-corrected chi connectivity index (χ4v) is 5.91. The van der Waals surface area contributed by atoms with Crippen LogP contribution in [0.2, 0.25) is 5.02 Å². The van der Waals surface area contributed by atoms with Crippen molar-refractivity contribution >= 4 is 17.5 Å². The van der Waals surface area contributed by atoms with Gasteiger partial charge in [0.05, 0.1) is 0 Å². The first-order chi connectivity index (χ1) is 17.9. The number of piperazine rings is 1. The van der Waals surface area contributed by atoms with Gasteiger partial charge in [-0.1, -0.05) is 17.7 Å². The highest BCUT2D eigenvalue weighted by atomic mass is 35.5. The molecule has 202 valence electrons. The summed E-state index contributed by atoms with van der Waals surface area (Å²) in [5.41, 5.74) is 4.69. The number of carbonyl (C=O) groups excluding carboxylic acids is 1. The van der Waals surface area contributed by atoms with Crippen molar-refractivity contribution in [3.05, 3.63) is 63.7 Å². The zero-order valence-electron chi connectivity index (χ0n) is 22.8. The molecule has 37 heavy (non-hydrogen) atoms. The number of hydrogen-bond acceptors (Lipinski definition) is 5. The van der Waals surface area contributed by atoms with Crippen LogP contribution in [0.15, 0.2) is 36.4 Å². The summed E-state index contributed by atoms with van der Waals surface area (Å²) in [7, 11) is 3.87. The predicted molar refractivity (Wildman–Crippen MR) is 150 cm³/mol. The van der Waals surface area contributed by atoms with Crippen molar-refractivity contribution in [3.63, 3.8) is 0 Å². The largest absolute Gasteiger partial charge is 0.492 e. The van der Waals surface area contributed by atoms with Gasteiger partial charge < -0.3 is 19.3 Å². The van der Waals surface area contributed by atoms with Gasteiger partial charge in [0.25, 0.3) is 5.91 Å². The van der Waals surface area contributed by atoms with Gasteiger partial charge in [-0.3, -0.25) is 9.69 Å². The number of likely N-dealkylation sites (N-methyl/N-ethyl adjacent to an activating group) is 1. The Morgan fingerprint density at radius 1 is 1.03 bits per heavy atom. The SMILES string of the molecule is COCCCN(C)CCOc1ccc(C2CCC[C@H]3CN(C(=O)c4ccc(Cl)cc4)CCN23)c(C)c1C. The van der Waals surface area contributed by atoms with E-state index in [0.29, 0.717) is 29.3 Å². The molecule has 0 saturated carbocycles. The zero-order chi connectivity index (χ0) is 26.4. The first kappa shape index (κ1) is 27.9. The van der Waals surface area contributed by atoms with Gasteiger partial charge in [-0.05, 0) is 93.6 Å². The van der Waals surface area contributed by atoms with Gasteiger partial charge in [0.2, 0.25) is 0 Å². The van der Waals surface area contributed by atoms with E-state index in [2.05, 4.69) is 42.8 Å². The molecule has 2 aliphatic rings. The molecule has 1 unspecified atom stereocenters. The van der Waals surface area contributed by atoms with Gasteiger partial charge in [0.1, 0.15) is 12.4 Å². The van der Waals surface area contributed by atoms with E-state index in [9.17, 15) is 4.79 Å². The summed E-state index contributed by atoms with van der Waals surface area (Å²) < 4.78 is 11.3. The average Bonchev–Trinajstić information content (AvgIpc) is 2.91. The lowest BCUT2D eigenvalue weighted by atomic mass is 9.86. The van der Waals surface area contributed by atoms with E-state index in [-0.39, 0.29) is 5.91 Å².